The number of thioether (sulfide) groups is 1. The fraction of sp³-hybridized carbons (Fsp3) is 0.250. The average Bonchev–Trinajstić information content (AvgIpc) is 3.30. The van der Waals surface area contributed by atoms with Crippen LogP contribution in [0.4, 0.5) is 16.5 Å². The fourth-order valence-corrected chi connectivity index (χ4v) is 4.76. The van der Waals surface area contributed by atoms with Crippen LogP contribution in [0.1, 0.15) is 16.7 Å². The summed E-state index contributed by atoms with van der Waals surface area (Å²) in [6, 6.07) is 14.2. The van der Waals surface area contributed by atoms with Crippen LogP contribution in [0.3, 0.4) is 0 Å². The number of carbonyl (C=O) groups is 1. The Labute approximate surface area is 166 Å². The van der Waals surface area contributed by atoms with E-state index in [2.05, 4.69) is 41.5 Å². The second kappa shape index (κ2) is 7.70. The lowest BCUT2D eigenvalue weighted by molar-refractivity contribution is -0.116. The standard InChI is InChI=1S/C20H20N4OS2/c1-13-6-5-8-16(14(13)2)21-19-22-23-20(27-19)26-12-18(25)24-11-10-15-7-3-4-9-17(15)24/h3-9H,10-12H2,1-2H3,(H,21,22). The maximum absolute atomic E-state index is 12.6. The molecule has 2 aromatic carbocycles. The summed E-state index contributed by atoms with van der Waals surface area (Å²) < 4.78 is 0.795. The SMILES string of the molecule is Cc1cccc(Nc2nnc(SCC(=O)N3CCc4ccccc43)s2)c1C. The zero-order chi connectivity index (χ0) is 18.8. The van der Waals surface area contributed by atoms with Gasteiger partial charge in [0, 0.05) is 17.9 Å². The molecule has 1 aliphatic rings. The highest BCUT2D eigenvalue weighted by atomic mass is 32.2. The van der Waals surface area contributed by atoms with Crippen molar-refractivity contribution >= 4 is 45.5 Å². The quantitative estimate of drug-likeness (QED) is 0.640. The van der Waals surface area contributed by atoms with Crippen molar-refractivity contribution in [1.29, 1.82) is 0 Å². The lowest BCUT2D eigenvalue weighted by Gasteiger charge is -2.16. The van der Waals surface area contributed by atoms with E-state index in [0.717, 1.165) is 33.8 Å². The molecule has 7 heteroatoms. The second-order valence-electron chi connectivity index (χ2n) is 6.46. The Kier molecular flexibility index (Phi) is 5.13. The van der Waals surface area contributed by atoms with E-state index in [9.17, 15) is 4.79 Å². The molecular formula is C20H20N4OS2. The third-order valence-corrected chi connectivity index (χ3v) is 6.72. The summed E-state index contributed by atoms with van der Waals surface area (Å²) in [5.41, 5.74) is 5.75. The van der Waals surface area contributed by atoms with Gasteiger partial charge in [0.15, 0.2) is 4.34 Å². The molecule has 1 aromatic heterocycles. The number of aryl methyl sites for hydroxylation is 1. The highest BCUT2D eigenvalue weighted by Crippen LogP contribution is 2.31. The molecule has 3 aromatic rings. The molecule has 0 aliphatic carbocycles. The lowest BCUT2D eigenvalue weighted by atomic mass is 10.1. The third kappa shape index (κ3) is 3.84. The molecule has 0 saturated heterocycles. The van der Waals surface area contributed by atoms with E-state index in [1.54, 1.807) is 0 Å². The van der Waals surface area contributed by atoms with Gasteiger partial charge in [0.25, 0.3) is 0 Å². The molecule has 2 heterocycles. The Balaban J connectivity index is 1.37. The molecule has 5 nitrogen and oxygen atoms in total. The molecule has 0 bridgehead atoms. The van der Waals surface area contributed by atoms with Gasteiger partial charge in [-0.3, -0.25) is 4.79 Å². The maximum Gasteiger partial charge on any atom is 0.237 e. The summed E-state index contributed by atoms with van der Waals surface area (Å²) in [5, 5.41) is 12.5. The molecule has 1 aliphatic heterocycles. The highest BCUT2D eigenvalue weighted by molar-refractivity contribution is 8.01. The molecule has 0 unspecified atom stereocenters. The van der Waals surface area contributed by atoms with Crippen LogP contribution in [-0.4, -0.2) is 28.4 Å². The van der Waals surface area contributed by atoms with Gasteiger partial charge in [0.1, 0.15) is 0 Å². The van der Waals surface area contributed by atoms with Gasteiger partial charge in [-0.1, -0.05) is 53.4 Å². The first kappa shape index (κ1) is 18.0. The fourth-order valence-electron chi connectivity index (χ4n) is 3.12. The van der Waals surface area contributed by atoms with Crippen molar-refractivity contribution < 1.29 is 4.79 Å². The van der Waals surface area contributed by atoms with Crippen LogP contribution in [0.25, 0.3) is 0 Å². The van der Waals surface area contributed by atoms with Crippen LogP contribution in [0, 0.1) is 13.8 Å². The number of anilines is 3. The van der Waals surface area contributed by atoms with Gasteiger partial charge in [-0.2, -0.15) is 0 Å². The molecular weight excluding hydrogens is 376 g/mol. The normalized spacial score (nSPS) is 12.9. The zero-order valence-corrected chi connectivity index (χ0v) is 16.9. The number of nitrogens with zero attached hydrogens (tertiary/aromatic N) is 3. The number of aromatic nitrogens is 2. The Morgan fingerprint density at radius 2 is 2.04 bits per heavy atom. The van der Waals surface area contributed by atoms with Crippen molar-refractivity contribution in [2.45, 2.75) is 24.6 Å². The third-order valence-electron chi connectivity index (χ3n) is 4.76. The molecule has 1 N–H and O–H groups in total. The Morgan fingerprint density at radius 3 is 2.93 bits per heavy atom. The molecule has 1 amide bonds. The molecule has 0 atom stereocenters. The number of carbonyl (C=O) groups excluding carboxylic acids is 1. The molecule has 0 saturated carbocycles. The molecule has 0 fully saturated rings. The minimum Gasteiger partial charge on any atom is -0.330 e. The maximum atomic E-state index is 12.6. The number of rotatable bonds is 5. The van der Waals surface area contributed by atoms with Gasteiger partial charge < -0.3 is 10.2 Å². The number of amides is 1. The summed E-state index contributed by atoms with van der Waals surface area (Å²) in [5.74, 6) is 0.482. The monoisotopic (exact) mass is 396 g/mol. The van der Waals surface area contributed by atoms with Gasteiger partial charge in [0.05, 0.1) is 5.75 Å². The Hall–Kier alpha value is -2.38. The van der Waals surface area contributed by atoms with Crippen molar-refractivity contribution in [3.05, 3.63) is 59.2 Å². The molecule has 0 radical (unpaired) electrons. The average molecular weight is 397 g/mol. The van der Waals surface area contributed by atoms with E-state index in [1.807, 2.05) is 35.2 Å². The predicted octanol–water partition coefficient (Wildman–Crippen LogP) is 4.58. The van der Waals surface area contributed by atoms with Crippen molar-refractivity contribution in [3.63, 3.8) is 0 Å². The van der Waals surface area contributed by atoms with Crippen LogP contribution >= 0.6 is 23.1 Å². The summed E-state index contributed by atoms with van der Waals surface area (Å²) in [6.45, 7) is 4.93. The summed E-state index contributed by atoms with van der Waals surface area (Å²) in [6.07, 6.45) is 0.926. The largest absolute Gasteiger partial charge is 0.330 e. The lowest BCUT2D eigenvalue weighted by Crippen LogP contribution is -2.30. The van der Waals surface area contributed by atoms with Gasteiger partial charge in [-0.25, -0.2) is 0 Å². The number of fused-ring (bicyclic) bond motifs is 1. The zero-order valence-electron chi connectivity index (χ0n) is 15.2. The first-order valence-electron chi connectivity index (χ1n) is 8.79. The first-order chi connectivity index (χ1) is 13.1. The summed E-state index contributed by atoms with van der Waals surface area (Å²) >= 11 is 2.91. The number of benzene rings is 2. The van der Waals surface area contributed by atoms with E-state index < -0.39 is 0 Å². The molecule has 27 heavy (non-hydrogen) atoms. The molecule has 4 rings (SSSR count). The van der Waals surface area contributed by atoms with Crippen LogP contribution < -0.4 is 10.2 Å². The predicted molar refractivity (Wildman–Crippen MR) is 112 cm³/mol. The Bertz CT molecular complexity index is 986. The number of para-hydroxylation sites is 1. The van der Waals surface area contributed by atoms with Crippen molar-refractivity contribution in [2.24, 2.45) is 0 Å². The van der Waals surface area contributed by atoms with Crippen LogP contribution in [0.5, 0.6) is 0 Å². The number of nitrogens with one attached hydrogen (secondary N) is 1. The van der Waals surface area contributed by atoms with E-state index in [1.165, 1.54) is 39.8 Å². The van der Waals surface area contributed by atoms with E-state index in [0.29, 0.717) is 5.75 Å². The highest BCUT2D eigenvalue weighted by Gasteiger charge is 2.24. The van der Waals surface area contributed by atoms with Gasteiger partial charge in [-0.15, -0.1) is 10.2 Å². The Morgan fingerprint density at radius 1 is 1.19 bits per heavy atom. The van der Waals surface area contributed by atoms with Gasteiger partial charge >= 0.3 is 0 Å². The molecule has 0 spiro atoms. The van der Waals surface area contributed by atoms with E-state index >= 15 is 0 Å². The second-order valence-corrected chi connectivity index (χ2v) is 8.66. The van der Waals surface area contributed by atoms with E-state index in [4.69, 9.17) is 0 Å². The minimum absolute atomic E-state index is 0.115. The van der Waals surface area contributed by atoms with Gasteiger partial charge in [0.2, 0.25) is 11.0 Å². The van der Waals surface area contributed by atoms with E-state index in [-0.39, 0.29) is 5.91 Å². The summed E-state index contributed by atoms with van der Waals surface area (Å²) in [7, 11) is 0. The molecule has 138 valence electrons. The summed E-state index contributed by atoms with van der Waals surface area (Å²) in [4.78, 5) is 14.5. The van der Waals surface area contributed by atoms with Crippen LogP contribution in [-0.2, 0) is 11.2 Å². The van der Waals surface area contributed by atoms with Crippen LogP contribution in [0.15, 0.2) is 46.8 Å². The van der Waals surface area contributed by atoms with Crippen molar-refractivity contribution in [3.8, 4) is 0 Å². The van der Waals surface area contributed by atoms with Crippen LogP contribution in [0.2, 0.25) is 0 Å². The minimum atomic E-state index is 0.115. The van der Waals surface area contributed by atoms with Crippen molar-refractivity contribution in [1.82, 2.24) is 10.2 Å². The van der Waals surface area contributed by atoms with Crippen molar-refractivity contribution in [2.75, 3.05) is 22.5 Å². The topological polar surface area (TPSA) is 58.1 Å². The first-order valence-corrected chi connectivity index (χ1v) is 10.6. The number of hydrogen-bond acceptors (Lipinski definition) is 6. The van der Waals surface area contributed by atoms with Gasteiger partial charge in [-0.05, 0) is 49.1 Å². The smallest absolute Gasteiger partial charge is 0.237 e. The number of hydrogen-bond donors (Lipinski definition) is 1.